The van der Waals surface area contributed by atoms with Gasteiger partial charge in [0, 0.05) is 24.1 Å². The van der Waals surface area contributed by atoms with Crippen molar-refractivity contribution >= 4 is 39.2 Å². The fraction of sp³-hybridized carbons (Fsp3) is 0.238. The SMILES string of the molecule is CCOc1cc2c(cc1NC(=O)/C=C/c1nc3ccccc3s1)OC(C)C2. The molecule has 0 spiro atoms. The Hall–Kier alpha value is -2.86. The minimum Gasteiger partial charge on any atom is -0.492 e. The maximum absolute atomic E-state index is 12.4. The first-order valence-corrected chi connectivity index (χ1v) is 9.75. The molecule has 0 saturated carbocycles. The van der Waals surface area contributed by atoms with E-state index in [4.69, 9.17) is 9.47 Å². The van der Waals surface area contributed by atoms with Crippen LogP contribution in [0.5, 0.6) is 11.5 Å². The number of aromatic nitrogens is 1. The first-order chi connectivity index (χ1) is 13.1. The molecule has 5 nitrogen and oxygen atoms in total. The van der Waals surface area contributed by atoms with Crippen molar-refractivity contribution in [3.8, 4) is 11.5 Å². The molecule has 2 aromatic carbocycles. The molecule has 0 aliphatic carbocycles. The predicted octanol–water partition coefficient (Wildman–Crippen LogP) is 4.67. The molecule has 4 rings (SSSR count). The van der Waals surface area contributed by atoms with Crippen LogP contribution in [-0.4, -0.2) is 23.6 Å². The second-order valence-corrected chi connectivity index (χ2v) is 7.43. The quantitative estimate of drug-likeness (QED) is 0.654. The van der Waals surface area contributed by atoms with E-state index in [1.54, 1.807) is 17.4 Å². The third kappa shape index (κ3) is 3.80. The molecule has 0 bridgehead atoms. The summed E-state index contributed by atoms with van der Waals surface area (Å²) >= 11 is 1.55. The molecule has 1 unspecified atom stereocenters. The predicted molar refractivity (Wildman–Crippen MR) is 109 cm³/mol. The summed E-state index contributed by atoms with van der Waals surface area (Å²) in [7, 11) is 0. The number of nitrogens with one attached hydrogen (secondary N) is 1. The normalized spacial score (nSPS) is 15.7. The molecular formula is C21H20N2O3S. The zero-order valence-corrected chi connectivity index (χ0v) is 16.0. The fourth-order valence-corrected chi connectivity index (χ4v) is 3.96. The van der Waals surface area contributed by atoms with E-state index in [0.29, 0.717) is 18.0 Å². The van der Waals surface area contributed by atoms with Gasteiger partial charge in [-0.1, -0.05) is 12.1 Å². The van der Waals surface area contributed by atoms with Gasteiger partial charge in [0.15, 0.2) is 0 Å². The first-order valence-electron chi connectivity index (χ1n) is 8.93. The van der Waals surface area contributed by atoms with Crippen molar-refractivity contribution in [2.75, 3.05) is 11.9 Å². The lowest BCUT2D eigenvalue weighted by molar-refractivity contribution is -0.111. The number of thiazole rings is 1. The van der Waals surface area contributed by atoms with Crippen LogP contribution in [0.2, 0.25) is 0 Å². The third-order valence-corrected chi connectivity index (χ3v) is 5.25. The van der Waals surface area contributed by atoms with Gasteiger partial charge >= 0.3 is 0 Å². The van der Waals surface area contributed by atoms with Crippen LogP contribution < -0.4 is 14.8 Å². The number of benzene rings is 2. The van der Waals surface area contributed by atoms with E-state index in [0.717, 1.165) is 33.0 Å². The zero-order chi connectivity index (χ0) is 18.8. The number of fused-ring (bicyclic) bond motifs is 2. The molecule has 1 aromatic heterocycles. The van der Waals surface area contributed by atoms with Crippen LogP contribution >= 0.6 is 11.3 Å². The molecule has 0 saturated heterocycles. The van der Waals surface area contributed by atoms with Crippen LogP contribution in [0.3, 0.4) is 0 Å². The summed E-state index contributed by atoms with van der Waals surface area (Å²) in [5.41, 5.74) is 2.66. The largest absolute Gasteiger partial charge is 0.492 e. The second-order valence-electron chi connectivity index (χ2n) is 6.36. The summed E-state index contributed by atoms with van der Waals surface area (Å²) in [5.74, 6) is 1.23. The lowest BCUT2D eigenvalue weighted by Crippen LogP contribution is -2.10. The van der Waals surface area contributed by atoms with E-state index in [2.05, 4.69) is 10.3 Å². The molecule has 1 atom stereocenters. The highest BCUT2D eigenvalue weighted by molar-refractivity contribution is 7.19. The van der Waals surface area contributed by atoms with Crippen LogP contribution in [0.25, 0.3) is 16.3 Å². The van der Waals surface area contributed by atoms with Gasteiger partial charge in [-0.05, 0) is 38.1 Å². The molecule has 1 amide bonds. The number of amides is 1. The summed E-state index contributed by atoms with van der Waals surface area (Å²) < 4.78 is 12.6. The van der Waals surface area contributed by atoms with Gasteiger partial charge in [-0.2, -0.15) is 0 Å². The monoisotopic (exact) mass is 380 g/mol. The van der Waals surface area contributed by atoms with Crippen molar-refractivity contribution in [1.82, 2.24) is 4.98 Å². The smallest absolute Gasteiger partial charge is 0.248 e. The summed E-state index contributed by atoms with van der Waals surface area (Å²) in [6, 6.07) is 11.7. The topological polar surface area (TPSA) is 60.5 Å². The molecule has 1 N–H and O–H groups in total. The van der Waals surface area contributed by atoms with E-state index in [-0.39, 0.29) is 12.0 Å². The molecule has 2 heterocycles. The Morgan fingerprint density at radius 1 is 1.41 bits per heavy atom. The lowest BCUT2D eigenvalue weighted by Gasteiger charge is -2.12. The Morgan fingerprint density at radius 3 is 3.07 bits per heavy atom. The number of rotatable bonds is 5. The van der Waals surface area contributed by atoms with Crippen LogP contribution in [-0.2, 0) is 11.2 Å². The van der Waals surface area contributed by atoms with Gasteiger partial charge in [-0.3, -0.25) is 4.79 Å². The maximum Gasteiger partial charge on any atom is 0.248 e. The highest BCUT2D eigenvalue weighted by Crippen LogP contribution is 2.38. The third-order valence-electron chi connectivity index (χ3n) is 4.24. The maximum atomic E-state index is 12.4. The van der Waals surface area contributed by atoms with Crippen molar-refractivity contribution in [2.24, 2.45) is 0 Å². The highest BCUT2D eigenvalue weighted by atomic mass is 32.1. The second kappa shape index (κ2) is 7.40. The Kier molecular flexibility index (Phi) is 4.81. The molecule has 0 fully saturated rings. The van der Waals surface area contributed by atoms with Crippen LogP contribution in [0.4, 0.5) is 5.69 Å². The molecule has 3 aromatic rings. The number of carbonyl (C=O) groups is 1. The Bertz CT molecular complexity index is 992. The van der Waals surface area contributed by atoms with Gasteiger partial charge in [-0.25, -0.2) is 4.98 Å². The number of para-hydroxylation sites is 1. The number of hydrogen-bond acceptors (Lipinski definition) is 5. The summed E-state index contributed by atoms with van der Waals surface area (Å²) in [5, 5.41) is 3.68. The van der Waals surface area contributed by atoms with Crippen molar-refractivity contribution in [2.45, 2.75) is 26.4 Å². The van der Waals surface area contributed by atoms with Crippen LogP contribution in [0.15, 0.2) is 42.5 Å². The summed E-state index contributed by atoms with van der Waals surface area (Å²) in [4.78, 5) is 16.9. The van der Waals surface area contributed by atoms with Gasteiger partial charge < -0.3 is 14.8 Å². The highest BCUT2D eigenvalue weighted by Gasteiger charge is 2.22. The van der Waals surface area contributed by atoms with E-state index in [9.17, 15) is 4.79 Å². The average Bonchev–Trinajstić information content (AvgIpc) is 3.22. The van der Waals surface area contributed by atoms with Crippen LogP contribution in [0.1, 0.15) is 24.4 Å². The van der Waals surface area contributed by atoms with Gasteiger partial charge in [0.1, 0.15) is 22.6 Å². The fourth-order valence-electron chi connectivity index (χ4n) is 3.09. The number of anilines is 1. The van der Waals surface area contributed by atoms with Gasteiger partial charge in [0.25, 0.3) is 0 Å². The van der Waals surface area contributed by atoms with E-state index in [1.165, 1.54) is 6.08 Å². The van der Waals surface area contributed by atoms with Gasteiger partial charge in [0.05, 0.1) is 22.5 Å². The Balaban J connectivity index is 1.52. The van der Waals surface area contributed by atoms with E-state index >= 15 is 0 Å². The molecule has 138 valence electrons. The van der Waals surface area contributed by atoms with E-state index in [1.807, 2.05) is 50.2 Å². The molecule has 1 aliphatic heterocycles. The number of carbonyl (C=O) groups excluding carboxylic acids is 1. The Morgan fingerprint density at radius 2 is 2.26 bits per heavy atom. The number of nitrogens with zero attached hydrogens (tertiary/aromatic N) is 1. The van der Waals surface area contributed by atoms with Crippen molar-refractivity contribution < 1.29 is 14.3 Å². The molecular weight excluding hydrogens is 360 g/mol. The minimum absolute atomic E-state index is 0.138. The first kappa shape index (κ1) is 17.5. The standard InChI is InChI=1S/C21H20N2O3S/c1-3-25-18-11-14-10-13(2)26-17(14)12-16(18)22-20(24)8-9-21-23-15-6-4-5-7-19(15)27-21/h4-9,11-13H,3,10H2,1-2H3,(H,22,24)/b9-8+. The van der Waals surface area contributed by atoms with Crippen molar-refractivity contribution in [1.29, 1.82) is 0 Å². The summed E-state index contributed by atoms with van der Waals surface area (Å²) in [6.45, 7) is 4.48. The summed E-state index contributed by atoms with van der Waals surface area (Å²) in [6.07, 6.45) is 4.21. The number of hydrogen-bond donors (Lipinski definition) is 1. The molecule has 1 aliphatic rings. The number of ether oxygens (including phenoxy) is 2. The molecule has 0 radical (unpaired) electrons. The van der Waals surface area contributed by atoms with E-state index < -0.39 is 0 Å². The minimum atomic E-state index is -0.235. The van der Waals surface area contributed by atoms with Crippen molar-refractivity contribution in [3.63, 3.8) is 0 Å². The molecule has 27 heavy (non-hydrogen) atoms. The average molecular weight is 380 g/mol. The van der Waals surface area contributed by atoms with Gasteiger partial charge in [-0.15, -0.1) is 11.3 Å². The zero-order valence-electron chi connectivity index (χ0n) is 15.2. The van der Waals surface area contributed by atoms with Crippen LogP contribution in [0, 0.1) is 0 Å². The van der Waals surface area contributed by atoms with Gasteiger partial charge in [0.2, 0.25) is 5.91 Å². The molecule has 6 heteroatoms. The van der Waals surface area contributed by atoms with Crippen molar-refractivity contribution in [3.05, 3.63) is 53.0 Å². The lowest BCUT2D eigenvalue weighted by atomic mass is 10.1. The Labute approximate surface area is 161 Å².